The number of rotatable bonds is 3. The highest BCUT2D eigenvalue weighted by Gasteiger charge is 2.07. The van der Waals surface area contributed by atoms with Gasteiger partial charge in [0.05, 0.1) is 12.6 Å². The van der Waals surface area contributed by atoms with E-state index in [2.05, 4.69) is 10.1 Å². The Balaban J connectivity index is 2.19. The standard InChI is InChI=1S/C11H12ClFN4/c1-7(14)11-15-6-17(16-11)5-8-2-3-9(13)4-10(8)12/h2-4,6-7H,5,14H2,1H3. The molecule has 2 aromatic rings. The van der Waals surface area contributed by atoms with Crippen molar-refractivity contribution in [1.82, 2.24) is 14.8 Å². The van der Waals surface area contributed by atoms with E-state index in [0.717, 1.165) is 5.56 Å². The molecule has 17 heavy (non-hydrogen) atoms. The molecular weight excluding hydrogens is 243 g/mol. The number of nitrogens with two attached hydrogens (primary N) is 1. The Labute approximate surface area is 103 Å². The molecule has 0 fully saturated rings. The number of hydrogen-bond acceptors (Lipinski definition) is 3. The van der Waals surface area contributed by atoms with Gasteiger partial charge in [-0.15, -0.1) is 0 Å². The predicted molar refractivity (Wildman–Crippen MR) is 63.1 cm³/mol. The van der Waals surface area contributed by atoms with Gasteiger partial charge in [0.2, 0.25) is 0 Å². The van der Waals surface area contributed by atoms with Crippen molar-refractivity contribution < 1.29 is 4.39 Å². The Morgan fingerprint density at radius 2 is 2.29 bits per heavy atom. The molecule has 0 bridgehead atoms. The van der Waals surface area contributed by atoms with Crippen molar-refractivity contribution >= 4 is 11.6 Å². The van der Waals surface area contributed by atoms with E-state index >= 15 is 0 Å². The van der Waals surface area contributed by atoms with Crippen LogP contribution in [0.3, 0.4) is 0 Å². The molecular formula is C11H12ClFN4. The van der Waals surface area contributed by atoms with Crippen molar-refractivity contribution in [2.45, 2.75) is 19.5 Å². The number of benzene rings is 1. The van der Waals surface area contributed by atoms with E-state index in [1.807, 2.05) is 6.92 Å². The minimum Gasteiger partial charge on any atom is -0.321 e. The molecule has 90 valence electrons. The molecule has 1 unspecified atom stereocenters. The summed E-state index contributed by atoms with van der Waals surface area (Å²) < 4.78 is 14.5. The van der Waals surface area contributed by atoms with Crippen LogP contribution in [0.25, 0.3) is 0 Å². The molecule has 0 spiro atoms. The lowest BCUT2D eigenvalue weighted by Crippen LogP contribution is -2.08. The molecule has 0 aliphatic carbocycles. The monoisotopic (exact) mass is 254 g/mol. The summed E-state index contributed by atoms with van der Waals surface area (Å²) in [5.41, 5.74) is 6.44. The lowest BCUT2D eigenvalue weighted by Gasteiger charge is -2.04. The maximum Gasteiger partial charge on any atom is 0.166 e. The van der Waals surface area contributed by atoms with E-state index in [9.17, 15) is 4.39 Å². The molecule has 1 heterocycles. The van der Waals surface area contributed by atoms with Crippen LogP contribution in [0.5, 0.6) is 0 Å². The summed E-state index contributed by atoms with van der Waals surface area (Å²) in [6.07, 6.45) is 1.58. The highest BCUT2D eigenvalue weighted by molar-refractivity contribution is 6.31. The van der Waals surface area contributed by atoms with Gasteiger partial charge in [0.25, 0.3) is 0 Å². The summed E-state index contributed by atoms with van der Waals surface area (Å²) in [5, 5.41) is 4.57. The third kappa shape index (κ3) is 2.81. The average Bonchev–Trinajstić information content (AvgIpc) is 2.71. The van der Waals surface area contributed by atoms with Gasteiger partial charge in [-0.25, -0.2) is 14.1 Å². The summed E-state index contributed by atoms with van der Waals surface area (Å²) in [6.45, 7) is 2.25. The van der Waals surface area contributed by atoms with Gasteiger partial charge in [-0.2, -0.15) is 5.10 Å². The molecule has 6 heteroatoms. The van der Waals surface area contributed by atoms with Crippen LogP contribution in [0.2, 0.25) is 5.02 Å². The number of halogens is 2. The Morgan fingerprint density at radius 1 is 1.53 bits per heavy atom. The second kappa shape index (κ2) is 4.81. The lowest BCUT2D eigenvalue weighted by atomic mass is 10.2. The predicted octanol–water partition coefficient (Wildman–Crippen LogP) is 2.14. The molecule has 2 N–H and O–H groups in total. The first-order valence-corrected chi connectivity index (χ1v) is 5.53. The quantitative estimate of drug-likeness (QED) is 0.913. The van der Waals surface area contributed by atoms with Crippen LogP contribution in [0.1, 0.15) is 24.4 Å². The fourth-order valence-corrected chi connectivity index (χ4v) is 1.65. The molecule has 0 saturated carbocycles. The van der Waals surface area contributed by atoms with E-state index in [-0.39, 0.29) is 11.9 Å². The molecule has 0 aliphatic heterocycles. The average molecular weight is 255 g/mol. The molecule has 0 amide bonds. The Morgan fingerprint density at radius 3 is 2.88 bits per heavy atom. The summed E-state index contributed by atoms with van der Waals surface area (Å²) in [6, 6.07) is 4.07. The number of aromatic nitrogens is 3. The highest BCUT2D eigenvalue weighted by Crippen LogP contribution is 2.18. The zero-order chi connectivity index (χ0) is 12.4. The van der Waals surface area contributed by atoms with Crippen LogP contribution in [0.15, 0.2) is 24.5 Å². The van der Waals surface area contributed by atoms with Gasteiger partial charge in [0.15, 0.2) is 5.82 Å². The van der Waals surface area contributed by atoms with Crippen molar-refractivity contribution in [3.63, 3.8) is 0 Å². The van der Waals surface area contributed by atoms with Crippen molar-refractivity contribution in [2.24, 2.45) is 5.73 Å². The zero-order valence-electron chi connectivity index (χ0n) is 9.27. The molecule has 0 aliphatic rings. The lowest BCUT2D eigenvalue weighted by molar-refractivity contribution is 0.622. The molecule has 1 aromatic carbocycles. The van der Waals surface area contributed by atoms with E-state index < -0.39 is 0 Å². The first kappa shape index (κ1) is 12.0. The summed E-state index contributed by atoms with van der Waals surface area (Å²) in [4.78, 5) is 4.07. The van der Waals surface area contributed by atoms with E-state index in [1.165, 1.54) is 12.1 Å². The molecule has 1 atom stereocenters. The van der Waals surface area contributed by atoms with Crippen LogP contribution in [0.4, 0.5) is 4.39 Å². The zero-order valence-corrected chi connectivity index (χ0v) is 10.0. The molecule has 0 radical (unpaired) electrons. The van der Waals surface area contributed by atoms with Crippen LogP contribution in [-0.4, -0.2) is 14.8 Å². The smallest absolute Gasteiger partial charge is 0.166 e. The third-order valence-electron chi connectivity index (χ3n) is 2.31. The summed E-state index contributed by atoms with van der Waals surface area (Å²) in [5.74, 6) is 0.219. The molecule has 4 nitrogen and oxygen atoms in total. The SMILES string of the molecule is CC(N)c1ncn(Cc2ccc(F)cc2Cl)n1. The van der Waals surface area contributed by atoms with Gasteiger partial charge >= 0.3 is 0 Å². The number of hydrogen-bond donors (Lipinski definition) is 1. The van der Waals surface area contributed by atoms with Gasteiger partial charge < -0.3 is 5.73 Å². The first-order valence-electron chi connectivity index (χ1n) is 5.15. The van der Waals surface area contributed by atoms with E-state index in [0.29, 0.717) is 17.4 Å². The largest absolute Gasteiger partial charge is 0.321 e. The maximum absolute atomic E-state index is 12.9. The van der Waals surface area contributed by atoms with Crippen molar-refractivity contribution in [3.8, 4) is 0 Å². The van der Waals surface area contributed by atoms with Crippen molar-refractivity contribution in [3.05, 3.63) is 46.8 Å². The minimum absolute atomic E-state index is 0.208. The molecule has 2 rings (SSSR count). The highest BCUT2D eigenvalue weighted by atomic mass is 35.5. The third-order valence-corrected chi connectivity index (χ3v) is 2.66. The summed E-state index contributed by atoms with van der Waals surface area (Å²) >= 11 is 5.92. The summed E-state index contributed by atoms with van der Waals surface area (Å²) in [7, 11) is 0. The second-order valence-electron chi connectivity index (χ2n) is 3.82. The van der Waals surface area contributed by atoms with Gasteiger partial charge in [0, 0.05) is 5.02 Å². The Bertz CT molecular complexity index is 524. The van der Waals surface area contributed by atoms with Crippen molar-refractivity contribution in [2.75, 3.05) is 0 Å². The van der Waals surface area contributed by atoms with E-state index in [4.69, 9.17) is 17.3 Å². The minimum atomic E-state index is -0.353. The first-order chi connectivity index (χ1) is 8.06. The molecule has 1 aromatic heterocycles. The molecule has 0 saturated heterocycles. The Hall–Kier alpha value is -1.46. The van der Waals surface area contributed by atoms with E-state index in [1.54, 1.807) is 17.1 Å². The fourth-order valence-electron chi connectivity index (χ4n) is 1.42. The van der Waals surface area contributed by atoms with Crippen LogP contribution >= 0.6 is 11.6 Å². The topological polar surface area (TPSA) is 56.7 Å². The van der Waals surface area contributed by atoms with Crippen LogP contribution in [-0.2, 0) is 6.54 Å². The normalized spacial score (nSPS) is 12.7. The van der Waals surface area contributed by atoms with Crippen LogP contribution in [0, 0.1) is 5.82 Å². The second-order valence-corrected chi connectivity index (χ2v) is 4.23. The van der Waals surface area contributed by atoms with Crippen LogP contribution < -0.4 is 5.73 Å². The fraction of sp³-hybridized carbons (Fsp3) is 0.273. The Kier molecular flexibility index (Phi) is 3.40. The van der Waals surface area contributed by atoms with Gasteiger partial charge in [-0.1, -0.05) is 17.7 Å². The van der Waals surface area contributed by atoms with Crippen molar-refractivity contribution in [1.29, 1.82) is 0 Å². The maximum atomic E-state index is 12.9. The van der Waals surface area contributed by atoms with Gasteiger partial charge in [-0.05, 0) is 24.6 Å². The van der Waals surface area contributed by atoms with Gasteiger partial charge in [0.1, 0.15) is 12.1 Å². The number of nitrogens with zero attached hydrogens (tertiary/aromatic N) is 3. The van der Waals surface area contributed by atoms with Gasteiger partial charge in [-0.3, -0.25) is 0 Å².